The molecule has 2 aromatic carbocycles. The topological polar surface area (TPSA) is 40.5 Å². The summed E-state index contributed by atoms with van der Waals surface area (Å²) in [6.45, 7) is 0.680. The molecule has 0 spiro atoms. The predicted octanol–water partition coefficient (Wildman–Crippen LogP) is 4.62. The molecule has 1 fully saturated rings. The number of piperidine rings is 1. The normalized spacial score (nSPS) is 19.8. The minimum absolute atomic E-state index is 0.294. The highest BCUT2D eigenvalue weighted by molar-refractivity contribution is 9.10. The summed E-state index contributed by atoms with van der Waals surface area (Å²) >= 11 is 3.57. The molecule has 2 atom stereocenters. The Labute approximate surface area is 149 Å². The lowest BCUT2D eigenvalue weighted by atomic mass is 9.91. The second-order valence-electron chi connectivity index (χ2n) is 6.07. The molecule has 0 saturated carbocycles. The van der Waals surface area contributed by atoms with Crippen LogP contribution in [0, 0.1) is 5.82 Å². The van der Waals surface area contributed by atoms with Gasteiger partial charge in [0.2, 0.25) is 0 Å². The Balaban J connectivity index is 2.11. The van der Waals surface area contributed by atoms with Gasteiger partial charge >= 0.3 is 5.97 Å². The van der Waals surface area contributed by atoms with Crippen molar-refractivity contribution in [3.63, 3.8) is 0 Å². The largest absolute Gasteiger partial charge is 0.480 e. The Morgan fingerprint density at radius 2 is 2.00 bits per heavy atom. The van der Waals surface area contributed by atoms with E-state index >= 15 is 0 Å². The molecule has 0 amide bonds. The van der Waals surface area contributed by atoms with Crippen LogP contribution in [0.4, 0.5) is 4.39 Å². The molecule has 1 saturated heterocycles. The summed E-state index contributed by atoms with van der Waals surface area (Å²) in [6.07, 6.45) is 2.46. The van der Waals surface area contributed by atoms with Gasteiger partial charge in [-0.05, 0) is 48.7 Å². The van der Waals surface area contributed by atoms with Crippen LogP contribution in [0.1, 0.15) is 36.4 Å². The molecule has 2 aromatic rings. The van der Waals surface area contributed by atoms with Crippen LogP contribution in [0.2, 0.25) is 0 Å². The van der Waals surface area contributed by atoms with E-state index in [0.29, 0.717) is 13.0 Å². The first-order valence-corrected chi connectivity index (χ1v) is 8.85. The number of aliphatic carboxylic acids is 1. The molecule has 1 heterocycles. The quantitative estimate of drug-likeness (QED) is 0.826. The Kier molecular flexibility index (Phi) is 5.31. The molecule has 1 aliphatic rings. The molecular weight excluding hydrogens is 373 g/mol. The molecule has 0 aliphatic carbocycles. The van der Waals surface area contributed by atoms with Crippen molar-refractivity contribution in [1.82, 2.24) is 4.90 Å². The number of hydrogen-bond donors (Lipinski definition) is 1. The number of carboxylic acid groups (broad SMARTS) is 1. The van der Waals surface area contributed by atoms with Gasteiger partial charge in [-0.15, -0.1) is 0 Å². The maximum Gasteiger partial charge on any atom is 0.320 e. The average Bonchev–Trinajstić information content (AvgIpc) is 2.57. The molecule has 0 aromatic heterocycles. The summed E-state index contributed by atoms with van der Waals surface area (Å²) in [4.78, 5) is 13.7. The van der Waals surface area contributed by atoms with Gasteiger partial charge in [0, 0.05) is 4.47 Å². The smallest absolute Gasteiger partial charge is 0.320 e. The molecule has 3 nitrogen and oxygen atoms in total. The van der Waals surface area contributed by atoms with Gasteiger partial charge in [-0.3, -0.25) is 9.69 Å². The van der Waals surface area contributed by atoms with Crippen molar-refractivity contribution in [1.29, 1.82) is 0 Å². The first-order valence-electron chi connectivity index (χ1n) is 8.06. The van der Waals surface area contributed by atoms with Crippen LogP contribution in [0.3, 0.4) is 0 Å². The maximum atomic E-state index is 13.8. The van der Waals surface area contributed by atoms with Gasteiger partial charge in [0.25, 0.3) is 0 Å². The summed E-state index contributed by atoms with van der Waals surface area (Å²) in [6, 6.07) is 13.3. The van der Waals surface area contributed by atoms with Crippen LogP contribution in [0.25, 0.3) is 0 Å². The number of likely N-dealkylation sites (tertiary alicyclic amines) is 1. The second-order valence-corrected chi connectivity index (χ2v) is 6.92. The monoisotopic (exact) mass is 391 g/mol. The van der Waals surface area contributed by atoms with Crippen LogP contribution in [0.15, 0.2) is 53.0 Å². The van der Waals surface area contributed by atoms with Crippen molar-refractivity contribution < 1.29 is 14.3 Å². The first-order chi connectivity index (χ1) is 11.6. The number of benzene rings is 2. The summed E-state index contributed by atoms with van der Waals surface area (Å²) in [5, 5.41) is 9.65. The Bertz CT molecular complexity index is 737. The lowest BCUT2D eigenvalue weighted by molar-refractivity contribution is -0.145. The maximum absolute atomic E-state index is 13.8. The van der Waals surface area contributed by atoms with Gasteiger partial charge in [0.15, 0.2) is 0 Å². The second kappa shape index (κ2) is 7.45. The van der Waals surface area contributed by atoms with Gasteiger partial charge in [0.05, 0.1) is 6.04 Å². The predicted molar refractivity (Wildman–Crippen MR) is 94.4 cm³/mol. The summed E-state index contributed by atoms with van der Waals surface area (Å²) in [5.41, 5.74) is 1.73. The number of nitrogens with zero attached hydrogens (tertiary/aromatic N) is 1. The van der Waals surface area contributed by atoms with Crippen molar-refractivity contribution in [3.8, 4) is 0 Å². The van der Waals surface area contributed by atoms with Crippen LogP contribution < -0.4 is 0 Å². The molecule has 24 heavy (non-hydrogen) atoms. The number of carboxylic acids is 1. The molecule has 0 radical (unpaired) electrons. The Morgan fingerprint density at radius 3 is 2.71 bits per heavy atom. The molecule has 126 valence electrons. The highest BCUT2D eigenvalue weighted by Crippen LogP contribution is 2.37. The third-order valence-corrected chi connectivity index (χ3v) is 5.25. The van der Waals surface area contributed by atoms with Crippen molar-refractivity contribution in [2.45, 2.75) is 31.3 Å². The minimum Gasteiger partial charge on any atom is -0.480 e. The molecule has 5 heteroatoms. The number of rotatable bonds is 4. The zero-order valence-corrected chi connectivity index (χ0v) is 14.7. The van der Waals surface area contributed by atoms with Gasteiger partial charge in [-0.25, -0.2) is 4.39 Å². The van der Waals surface area contributed by atoms with Gasteiger partial charge in [0.1, 0.15) is 11.9 Å². The SMILES string of the molecule is O=C(O)C1CCCCN1C(c1cccc(F)c1)c1ccccc1Br. The van der Waals surface area contributed by atoms with Gasteiger partial charge in [-0.2, -0.15) is 0 Å². The minimum atomic E-state index is -0.817. The molecule has 0 bridgehead atoms. The van der Waals surface area contributed by atoms with E-state index in [2.05, 4.69) is 15.9 Å². The lowest BCUT2D eigenvalue weighted by Crippen LogP contribution is -2.46. The molecule has 1 aliphatic heterocycles. The zero-order valence-electron chi connectivity index (χ0n) is 13.2. The van der Waals surface area contributed by atoms with E-state index in [0.717, 1.165) is 28.4 Å². The molecule has 3 rings (SSSR count). The molecule has 1 N–H and O–H groups in total. The number of halogens is 2. The summed E-state index contributed by atoms with van der Waals surface area (Å²) < 4.78 is 14.7. The summed E-state index contributed by atoms with van der Waals surface area (Å²) in [5.74, 6) is -1.13. The fourth-order valence-electron chi connectivity index (χ4n) is 3.45. The van der Waals surface area contributed by atoms with E-state index < -0.39 is 12.0 Å². The van der Waals surface area contributed by atoms with Gasteiger partial charge < -0.3 is 5.11 Å². The third kappa shape index (κ3) is 3.52. The van der Waals surface area contributed by atoms with Crippen molar-refractivity contribution in [3.05, 3.63) is 69.9 Å². The summed E-state index contributed by atoms with van der Waals surface area (Å²) in [7, 11) is 0. The van der Waals surface area contributed by atoms with E-state index in [1.54, 1.807) is 6.07 Å². The van der Waals surface area contributed by atoms with E-state index in [9.17, 15) is 14.3 Å². The average molecular weight is 392 g/mol. The highest BCUT2D eigenvalue weighted by Gasteiger charge is 2.35. The number of hydrogen-bond acceptors (Lipinski definition) is 2. The van der Waals surface area contributed by atoms with Crippen molar-refractivity contribution in [2.24, 2.45) is 0 Å². The zero-order chi connectivity index (χ0) is 17.1. The Morgan fingerprint density at radius 1 is 1.21 bits per heavy atom. The Hall–Kier alpha value is -1.72. The lowest BCUT2D eigenvalue weighted by Gasteiger charge is -2.40. The van der Waals surface area contributed by atoms with E-state index in [4.69, 9.17) is 0 Å². The van der Waals surface area contributed by atoms with Crippen LogP contribution in [-0.2, 0) is 4.79 Å². The first kappa shape index (κ1) is 17.1. The van der Waals surface area contributed by atoms with Gasteiger partial charge in [-0.1, -0.05) is 52.7 Å². The highest BCUT2D eigenvalue weighted by atomic mass is 79.9. The van der Waals surface area contributed by atoms with E-state index in [-0.39, 0.29) is 11.9 Å². The van der Waals surface area contributed by atoms with Crippen LogP contribution >= 0.6 is 15.9 Å². The number of carbonyl (C=O) groups is 1. The fraction of sp³-hybridized carbons (Fsp3) is 0.316. The van der Waals surface area contributed by atoms with Crippen molar-refractivity contribution >= 4 is 21.9 Å². The molecule has 2 unspecified atom stereocenters. The third-order valence-electron chi connectivity index (χ3n) is 4.53. The van der Waals surface area contributed by atoms with E-state index in [1.807, 2.05) is 35.2 Å². The standard InChI is InChI=1S/C19H19BrFNO2/c20-16-9-2-1-8-15(16)18(13-6-5-7-14(21)12-13)22-11-4-3-10-17(22)19(23)24/h1-2,5-9,12,17-18H,3-4,10-11H2,(H,23,24). The van der Waals surface area contributed by atoms with Crippen molar-refractivity contribution in [2.75, 3.05) is 6.54 Å². The van der Waals surface area contributed by atoms with Crippen LogP contribution in [0.5, 0.6) is 0 Å². The molecular formula is C19H19BrFNO2. The fourth-order valence-corrected chi connectivity index (χ4v) is 3.95. The van der Waals surface area contributed by atoms with Crippen LogP contribution in [-0.4, -0.2) is 28.6 Å². The van der Waals surface area contributed by atoms with E-state index in [1.165, 1.54) is 12.1 Å².